The lowest BCUT2D eigenvalue weighted by molar-refractivity contribution is -0.107. The van der Waals surface area contributed by atoms with Crippen LogP contribution in [0.2, 0.25) is 0 Å². The molecule has 1 unspecified atom stereocenters. The molecule has 0 spiro atoms. The summed E-state index contributed by atoms with van der Waals surface area (Å²) in [6.45, 7) is 0. The number of nitriles is 1. The lowest BCUT2D eigenvalue weighted by atomic mass is 9.89. The number of carbonyl (C=O) groups excluding carboxylic acids is 1. The minimum Gasteiger partial charge on any atom is -0.497 e. The second-order valence-corrected chi connectivity index (χ2v) is 6.75. The van der Waals surface area contributed by atoms with Gasteiger partial charge in [0.1, 0.15) is 18.1 Å². The minimum atomic E-state index is -0.598. The molecule has 30 heavy (non-hydrogen) atoms. The molecule has 4 rings (SSSR count). The van der Waals surface area contributed by atoms with E-state index in [2.05, 4.69) is 11.1 Å². The Kier molecular flexibility index (Phi) is 5.40. The second kappa shape index (κ2) is 8.46. The normalized spacial score (nSPS) is 15.6. The third kappa shape index (κ3) is 3.59. The van der Waals surface area contributed by atoms with Crippen LogP contribution in [-0.4, -0.2) is 24.4 Å². The molecule has 1 aliphatic heterocycles. The molecule has 0 aliphatic carbocycles. The van der Waals surface area contributed by atoms with E-state index in [4.69, 9.17) is 4.74 Å². The number of rotatable bonds is 5. The Morgan fingerprint density at radius 3 is 2.67 bits per heavy atom. The SMILES string of the molecule is COc1cccc(N2C=C(c3ccccn3)C=C(c3ccccc3C#N)C2C=O)c1. The Balaban J connectivity index is 1.92. The zero-order chi connectivity index (χ0) is 20.9. The Hall–Kier alpha value is -4.17. The molecule has 0 amide bonds. The van der Waals surface area contributed by atoms with Gasteiger partial charge >= 0.3 is 0 Å². The second-order valence-electron chi connectivity index (χ2n) is 6.75. The van der Waals surface area contributed by atoms with Gasteiger partial charge in [0.05, 0.1) is 24.4 Å². The Morgan fingerprint density at radius 1 is 1.10 bits per heavy atom. The Bertz CT molecular complexity index is 1180. The number of carbonyl (C=O) groups is 1. The minimum absolute atomic E-state index is 0.517. The molecule has 5 heteroatoms. The maximum atomic E-state index is 12.3. The van der Waals surface area contributed by atoms with E-state index in [0.29, 0.717) is 11.3 Å². The third-order valence-corrected chi connectivity index (χ3v) is 5.01. The van der Waals surface area contributed by atoms with Crippen LogP contribution in [0.25, 0.3) is 11.1 Å². The summed E-state index contributed by atoms with van der Waals surface area (Å²) in [6, 6.07) is 22.2. The summed E-state index contributed by atoms with van der Waals surface area (Å²) in [7, 11) is 1.61. The number of anilines is 1. The molecule has 0 saturated heterocycles. The van der Waals surface area contributed by atoms with Crippen molar-refractivity contribution < 1.29 is 9.53 Å². The molecular formula is C25H19N3O2. The fourth-order valence-electron chi connectivity index (χ4n) is 3.56. The van der Waals surface area contributed by atoms with Crippen LogP contribution in [0.3, 0.4) is 0 Å². The highest BCUT2D eigenvalue weighted by Crippen LogP contribution is 2.36. The van der Waals surface area contributed by atoms with Crippen molar-refractivity contribution in [1.82, 2.24) is 4.98 Å². The van der Waals surface area contributed by atoms with Crippen molar-refractivity contribution in [3.8, 4) is 11.8 Å². The van der Waals surface area contributed by atoms with Gasteiger partial charge in [0, 0.05) is 29.7 Å². The number of allylic oxidation sites excluding steroid dienone is 2. The van der Waals surface area contributed by atoms with E-state index in [-0.39, 0.29) is 0 Å². The molecule has 0 bridgehead atoms. The van der Waals surface area contributed by atoms with Crippen LogP contribution in [0.5, 0.6) is 5.75 Å². The number of aromatic nitrogens is 1. The monoisotopic (exact) mass is 393 g/mol. The summed E-state index contributed by atoms with van der Waals surface area (Å²) in [5.41, 5.74) is 4.42. The summed E-state index contributed by atoms with van der Waals surface area (Å²) in [5.74, 6) is 0.693. The number of aldehydes is 1. The van der Waals surface area contributed by atoms with Crippen molar-refractivity contribution in [2.75, 3.05) is 12.0 Å². The molecule has 146 valence electrons. The first-order valence-corrected chi connectivity index (χ1v) is 9.47. The van der Waals surface area contributed by atoms with E-state index in [1.807, 2.05) is 77.8 Å². The molecule has 0 saturated carbocycles. The first-order valence-electron chi connectivity index (χ1n) is 9.47. The standard InChI is InChI=1S/C25H19N3O2/c1-30-21-9-6-8-20(14-21)28-16-19(24-11-4-5-12-27-24)13-23(25(28)17-29)22-10-3-2-7-18(22)15-26/h2-14,16-17,25H,1H3. The molecule has 0 N–H and O–H groups in total. The van der Waals surface area contributed by atoms with Crippen molar-refractivity contribution in [2.24, 2.45) is 0 Å². The molecule has 1 atom stereocenters. The Labute approximate surface area is 175 Å². The van der Waals surface area contributed by atoms with E-state index >= 15 is 0 Å². The summed E-state index contributed by atoms with van der Waals surface area (Å²) < 4.78 is 5.37. The van der Waals surface area contributed by atoms with Crippen LogP contribution >= 0.6 is 0 Å². The number of methoxy groups -OCH3 is 1. The maximum Gasteiger partial charge on any atom is 0.147 e. The van der Waals surface area contributed by atoms with Gasteiger partial charge in [0.15, 0.2) is 0 Å². The van der Waals surface area contributed by atoms with E-state index in [9.17, 15) is 10.1 Å². The molecule has 5 nitrogen and oxygen atoms in total. The molecule has 1 aliphatic rings. The van der Waals surface area contributed by atoms with Crippen molar-refractivity contribution in [3.05, 3.63) is 102 Å². The van der Waals surface area contributed by atoms with Crippen LogP contribution in [0, 0.1) is 11.3 Å². The lowest BCUT2D eigenvalue weighted by Crippen LogP contribution is -2.36. The van der Waals surface area contributed by atoms with Crippen LogP contribution in [0.4, 0.5) is 5.69 Å². The smallest absolute Gasteiger partial charge is 0.147 e. The number of hydrogen-bond donors (Lipinski definition) is 0. The average Bonchev–Trinajstić information content (AvgIpc) is 2.83. The van der Waals surface area contributed by atoms with Gasteiger partial charge in [-0.1, -0.05) is 30.3 Å². The molecule has 1 aromatic heterocycles. The van der Waals surface area contributed by atoms with E-state index in [1.54, 1.807) is 19.4 Å². The van der Waals surface area contributed by atoms with E-state index in [1.165, 1.54) is 0 Å². The van der Waals surface area contributed by atoms with Gasteiger partial charge in [-0.3, -0.25) is 4.98 Å². The molecular weight excluding hydrogens is 374 g/mol. The first-order chi connectivity index (χ1) is 14.7. The highest BCUT2D eigenvalue weighted by atomic mass is 16.5. The van der Waals surface area contributed by atoms with Gasteiger partial charge in [-0.15, -0.1) is 0 Å². The molecule has 2 heterocycles. The first kappa shape index (κ1) is 19.2. The van der Waals surface area contributed by atoms with E-state index in [0.717, 1.165) is 34.4 Å². The number of nitrogens with zero attached hydrogens (tertiary/aromatic N) is 3. The molecule has 2 aromatic carbocycles. The van der Waals surface area contributed by atoms with Crippen molar-refractivity contribution >= 4 is 23.1 Å². The van der Waals surface area contributed by atoms with Crippen molar-refractivity contribution in [3.63, 3.8) is 0 Å². The van der Waals surface area contributed by atoms with Crippen LogP contribution in [-0.2, 0) is 4.79 Å². The van der Waals surface area contributed by atoms with Gasteiger partial charge in [-0.2, -0.15) is 5.26 Å². The van der Waals surface area contributed by atoms with Gasteiger partial charge in [-0.25, -0.2) is 0 Å². The highest BCUT2D eigenvalue weighted by molar-refractivity contribution is 5.99. The fourth-order valence-corrected chi connectivity index (χ4v) is 3.56. The topological polar surface area (TPSA) is 66.2 Å². The van der Waals surface area contributed by atoms with Crippen molar-refractivity contribution in [2.45, 2.75) is 6.04 Å². The van der Waals surface area contributed by atoms with Crippen LogP contribution < -0.4 is 9.64 Å². The lowest BCUT2D eigenvalue weighted by Gasteiger charge is -2.33. The van der Waals surface area contributed by atoms with Gasteiger partial charge in [-0.05, 0) is 47.5 Å². The quantitative estimate of drug-likeness (QED) is 0.598. The summed E-state index contributed by atoms with van der Waals surface area (Å²) >= 11 is 0. The molecule has 3 aromatic rings. The average molecular weight is 393 g/mol. The highest BCUT2D eigenvalue weighted by Gasteiger charge is 2.28. The number of hydrogen-bond acceptors (Lipinski definition) is 5. The fraction of sp³-hybridized carbons (Fsp3) is 0.0800. The van der Waals surface area contributed by atoms with Crippen LogP contribution in [0.1, 0.15) is 16.8 Å². The predicted molar refractivity (Wildman–Crippen MR) is 117 cm³/mol. The van der Waals surface area contributed by atoms with Gasteiger partial charge in [0.2, 0.25) is 0 Å². The molecule has 0 radical (unpaired) electrons. The van der Waals surface area contributed by atoms with Crippen molar-refractivity contribution in [1.29, 1.82) is 5.26 Å². The number of ether oxygens (including phenoxy) is 1. The number of pyridine rings is 1. The van der Waals surface area contributed by atoms with Crippen LogP contribution in [0.15, 0.2) is 85.2 Å². The van der Waals surface area contributed by atoms with Gasteiger partial charge in [0.25, 0.3) is 0 Å². The molecule has 0 fully saturated rings. The third-order valence-electron chi connectivity index (χ3n) is 5.01. The summed E-state index contributed by atoms with van der Waals surface area (Å²) in [4.78, 5) is 18.6. The summed E-state index contributed by atoms with van der Waals surface area (Å²) in [5, 5.41) is 9.62. The van der Waals surface area contributed by atoms with E-state index < -0.39 is 6.04 Å². The zero-order valence-electron chi connectivity index (χ0n) is 16.4. The zero-order valence-corrected chi connectivity index (χ0v) is 16.4. The number of benzene rings is 2. The maximum absolute atomic E-state index is 12.3. The predicted octanol–water partition coefficient (Wildman–Crippen LogP) is 4.47. The van der Waals surface area contributed by atoms with Gasteiger partial charge < -0.3 is 14.4 Å². The Morgan fingerprint density at radius 2 is 1.93 bits per heavy atom. The summed E-state index contributed by atoms with van der Waals surface area (Å²) in [6.07, 6.45) is 6.47. The largest absolute Gasteiger partial charge is 0.497 e.